The van der Waals surface area contributed by atoms with Crippen LogP contribution in [-0.2, 0) is 9.59 Å². The molecule has 1 atom stereocenters. The van der Waals surface area contributed by atoms with Gasteiger partial charge in [0.1, 0.15) is 6.29 Å². The molecular formula is C9H18N2O3. The molecule has 1 saturated carbocycles. The number of nitrogens with one attached hydrogen (secondary N) is 1. The number of carbonyl (C=O) groups excluding carboxylic acids is 2. The van der Waals surface area contributed by atoms with Gasteiger partial charge in [0.25, 0.3) is 0 Å². The highest BCUT2D eigenvalue weighted by atomic mass is 16.5. The lowest BCUT2D eigenvalue weighted by Gasteiger charge is -1.91. The van der Waals surface area contributed by atoms with Gasteiger partial charge in [-0.1, -0.05) is 12.2 Å². The van der Waals surface area contributed by atoms with Gasteiger partial charge in [-0.25, -0.2) is 5.48 Å². The Hall–Kier alpha value is -1.20. The number of aldehydes is 1. The molecule has 0 spiro atoms. The number of rotatable bonds is 1. The summed E-state index contributed by atoms with van der Waals surface area (Å²) >= 11 is 0. The zero-order valence-electron chi connectivity index (χ0n) is 8.40. The third kappa shape index (κ3) is 10.8. The number of nitrogens with two attached hydrogens (primary N) is 1. The van der Waals surface area contributed by atoms with E-state index < -0.39 is 0 Å². The van der Waals surface area contributed by atoms with E-state index in [1.165, 1.54) is 12.6 Å². The van der Waals surface area contributed by atoms with Crippen LogP contribution >= 0.6 is 0 Å². The molecule has 4 N–H and O–H groups in total. The highest BCUT2D eigenvalue weighted by molar-refractivity contribution is 5.55. The molecule has 0 radical (unpaired) electrons. The quantitative estimate of drug-likeness (QED) is 0.322. The summed E-state index contributed by atoms with van der Waals surface area (Å²) in [5, 5.41) is 7.32. The van der Waals surface area contributed by atoms with Crippen molar-refractivity contribution < 1.29 is 14.8 Å². The highest BCUT2D eigenvalue weighted by Gasteiger charge is 2.15. The molecule has 0 aromatic rings. The molecule has 0 aliphatic heterocycles. The first-order valence-electron chi connectivity index (χ1n) is 4.24. The molecule has 1 aliphatic carbocycles. The van der Waals surface area contributed by atoms with Gasteiger partial charge >= 0.3 is 0 Å². The Morgan fingerprint density at radius 1 is 1.64 bits per heavy atom. The zero-order chi connectivity index (χ0) is 11.4. The fourth-order valence-electron chi connectivity index (χ4n) is 1.08. The fraction of sp³-hybridized carbons (Fsp3) is 0.556. The summed E-state index contributed by atoms with van der Waals surface area (Å²) < 4.78 is 0. The number of hydrogen-bond donors (Lipinski definition) is 3. The molecule has 1 rings (SSSR count). The van der Waals surface area contributed by atoms with E-state index in [2.05, 4.69) is 12.3 Å². The van der Waals surface area contributed by atoms with Crippen molar-refractivity contribution in [2.45, 2.75) is 19.3 Å². The van der Waals surface area contributed by atoms with E-state index in [1.807, 2.05) is 0 Å². The van der Waals surface area contributed by atoms with E-state index >= 15 is 0 Å². The van der Waals surface area contributed by atoms with Crippen LogP contribution in [-0.4, -0.2) is 25.0 Å². The van der Waals surface area contributed by atoms with Crippen LogP contribution in [0.4, 0.5) is 0 Å². The molecule has 5 nitrogen and oxygen atoms in total. The summed E-state index contributed by atoms with van der Waals surface area (Å²) in [6.45, 7) is 3.79. The monoisotopic (exact) mass is 202 g/mol. The minimum absolute atomic E-state index is 0.250. The van der Waals surface area contributed by atoms with Crippen LogP contribution in [0, 0.1) is 5.92 Å². The molecule has 0 saturated heterocycles. The number of hydrogen-bond acceptors (Lipinski definition) is 4. The molecule has 1 aliphatic rings. The molecule has 82 valence electrons. The molecule has 1 unspecified atom stereocenters. The number of carbonyl (C=O) groups is 2. The van der Waals surface area contributed by atoms with Crippen LogP contribution in [0.2, 0.25) is 0 Å². The van der Waals surface area contributed by atoms with Crippen molar-refractivity contribution in [1.82, 2.24) is 5.48 Å². The van der Waals surface area contributed by atoms with E-state index in [0.29, 0.717) is 5.92 Å². The Morgan fingerprint density at radius 2 is 2.07 bits per heavy atom. The van der Waals surface area contributed by atoms with E-state index in [9.17, 15) is 4.79 Å². The molecule has 0 heterocycles. The maximum atomic E-state index is 10.1. The third-order valence-electron chi connectivity index (χ3n) is 1.61. The number of primary amides is 1. The summed E-state index contributed by atoms with van der Waals surface area (Å²) in [4.78, 5) is 18.7. The maximum absolute atomic E-state index is 10.1. The first kappa shape index (κ1) is 15.3. The van der Waals surface area contributed by atoms with Crippen LogP contribution in [0.25, 0.3) is 0 Å². The number of allylic oxidation sites excluding steroid dienone is 1. The minimum atomic E-state index is 0.250. The van der Waals surface area contributed by atoms with Crippen LogP contribution in [0.1, 0.15) is 19.3 Å². The van der Waals surface area contributed by atoms with Crippen molar-refractivity contribution in [2.24, 2.45) is 11.7 Å². The van der Waals surface area contributed by atoms with E-state index in [1.54, 1.807) is 5.48 Å². The predicted molar refractivity (Wildman–Crippen MR) is 53.6 cm³/mol. The molecule has 1 amide bonds. The maximum Gasteiger partial charge on any atom is 0.204 e. The molecule has 5 heteroatoms. The average molecular weight is 202 g/mol. The molecule has 0 aromatic carbocycles. The SMILES string of the molecule is C=C1CCC(C=O)C1.CNO.NC=O. The second-order valence-electron chi connectivity index (χ2n) is 2.75. The summed E-state index contributed by atoms with van der Waals surface area (Å²) in [6, 6.07) is 0. The lowest BCUT2D eigenvalue weighted by molar-refractivity contribution is -0.110. The first-order valence-corrected chi connectivity index (χ1v) is 4.24. The predicted octanol–water partition coefficient (Wildman–Crippen LogP) is 0.238. The molecule has 14 heavy (non-hydrogen) atoms. The smallest absolute Gasteiger partial charge is 0.204 e. The van der Waals surface area contributed by atoms with Gasteiger partial charge in [-0.3, -0.25) is 4.79 Å². The van der Waals surface area contributed by atoms with Crippen LogP contribution in [0.3, 0.4) is 0 Å². The Bertz CT molecular complexity index is 171. The van der Waals surface area contributed by atoms with Crippen molar-refractivity contribution in [1.29, 1.82) is 0 Å². The summed E-state index contributed by atoms with van der Waals surface area (Å²) in [6.07, 6.45) is 4.31. The van der Waals surface area contributed by atoms with Gasteiger partial charge in [0, 0.05) is 13.0 Å². The lowest BCUT2D eigenvalue weighted by atomic mass is 10.1. The Morgan fingerprint density at radius 3 is 2.21 bits per heavy atom. The van der Waals surface area contributed by atoms with Gasteiger partial charge in [0.15, 0.2) is 0 Å². The second kappa shape index (κ2) is 11.8. The van der Waals surface area contributed by atoms with Crippen molar-refractivity contribution >= 4 is 12.7 Å². The van der Waals surface area contributed by atoms with Gasteiger partial charge in [-0.15, -0.1) is 0 Å². The molecular weight excluding hydrogens is 184 g/mol. The number of hydroxylamine groups is 1. The van der Waals surface area contributed by atoms with Gasteiger partial charge in [0.05, 0.1) is 0 Å². The molecule has 1 fully saturated rings. The van der Waals surface area contributed by atoms with E-state index in [-0.39, 0.29) is 6.41 Å². The third-order valence-corrected chi connectivity index (χ3v) is 1.61. The van der Waals surface area contributed by atoms with Crippen molar-refractivity contribution in [3.63, 3.8) is 0 Å². The van der Waals surface area contributed by atoms with Crippen molar-refractivity contribution in [3.05, 3.63) is 12.2 Å². The summed E-state index contributed by atoms with van der Waals surface area (Å²) in [5.74, 6) is 0.294. The number of amides is 1. The van der Waals surface area contributed by atoms with Crippen LogP contribution < -0.4 is 11.2 Å². The molecule has 0 bridgehead atoms. The fourth-order valence-corrected chi connectivity index (χ4v) is 1.08. The zero-order valence-corrected chi connectivity index (χ0v) is 8.40. The second-order valence-corrected chi connectivity index (χ2v) is 2.75. The van der Waals surface area contributed by atoms with Crippen molar-refractivity contribution in [2.75, 3.05) is 7.05 Å². The largest absolute Gasteiger partial charge is 0.372 e. The van der Waals surface area contributed by atoms with E-state index in [0.717, 1.165) is 25.5 Å². The summed E-state index contributed by atoms with van der Waals surface area (Å²) in [5.41, 5.74) is 7.15. The van der Waals surface area contributed by atoms with Gasteiger partial charge in [0.2, 0.25) is 6.41 Å². The minimum Gasteiger partial charge on any atom is -0.372 e. The van der Waals surface area contributed by atoms with Gasteiger partial charge < -0.3 is 15.7 Å². The highest BCUT2D eigenvalue weighted by Crippen LogP contribution is 2.26. The van der Waals surface area contributed by atoms with Gasteiger partial charge in [-0.05, 0) is 19.3 Å². The van der Waals surface area contributed by atoms with Gasteiger partial charge in [-0.2, -0.15) is 0 Å². The van der Waals surface area contributed by atoms with Crippen LogP contribution in [0.5, 0.6) is 0 Å². The lowest BCUT2D eigenvalue weighted by Crippen LogP contribution is -1.91. The average Bonchev–Trinajstić information content (AvgIpc) is 2.54. The first-order chi connectivity index (χ1) is 6.65. The standard InChI is InChI=1S/C7H10O.CH5NO.CH3NO/c1-6-2-3-7(4-6)5-8;1-2-3;2-1-3/h5,7H,1-4H2;2-3H,1H3;1H,(H2,2,3). The summed E-state index contributed by atoms with van der Waals surface area (Å²) in [7, 11) is 1.43. The Balaban J connectivity index is 0. The Kier molecular flexibility index (Phi) is 12.9. The normalized spacial score (nSPS) is 18.4. The van der Waals surface area contributed by atoms with Crippen molar-refractivity contribution in [3.8, 4) is 0 Å². The topological polar surface area (TPSA) is 92.4 Å². The van der Waals surface area contributed by atoms with E-state index in [4.69, 9.17) is 10.0 Å². The van der Waals surface area contributed by atoms with Crippen LogP contribution in [0.15, 0.2) is 12.2 Å². The Labute approximate surface area is 83.9 Å². The molecule has 0 aromatic heterocycles.